The first-order valence-electron chi connectivity index (χ1n) is 5.39. The van der Waals surface area contributed by atoms with Gasteiger partial charge in [0.25, 0.3) is 0 Å². The van der Waals surface area contributed by atoms with Gasteiger partial charge in [0, 0.05) is 13.2 Å². The maximum absolute atomic E-state index is 11.1. The van der Waals surface area contributed by atoms with Crippen molar-refractivity contribution in [2.75, 3.05) is 0 Å². The Morgan fingerprint density at radius 1 is 1.50 bits per heavy atom. The molecule has 0 aliphatic rings. The number of carboxylic acid groups (broad SMARTS) is 1. The minimum absolute atomic E-state index is 0.194. The lowest BCUT2D eigenvalue weighted by Crippen LogP contribution is -2.30. The van der Waals surface area contributed by atoms with E-state index in [0.717, 1.165) is 5.56 Å². The molecule has 2 aromatic rings. The molecular formula is C10H14N6O2. The van der Waals surface area contributed by atoms with E-state index >= 15 is 0 Å². The van der Waals surface area contributed by atoms with Gasteiger partial charge in [0.1, 0.15) is 0 Å². The molecule has 0 bridgehead atoms. The molecule has 0 radical (unpaired) electrons. The van der Waals surface area contributed by atoms with E-state index in [1.807, 2.05) is 0 Å². The molecule has 8 nitrogen and oxygen atoms in total. The summed E-state index contributed by atoms with van der Waals surface area (Å²) in [4.78, 5) is 11.1. The number of carboxylic acids is 1. The van der Waals surface area contributed by atoms with Crippen LogP contribution in [0.1, 0.15) is 13.8 Å². The third-order valence-corrected chi connectivity index (χ3v) is 2.62. The molecule has 0 saturated heterocycles. The van der Waals surface area contributed by atoms with E-state index < -0.39 is 11.4 Å². The van der Waals surface area contributed by atoms with Gasteiger partial charge in [0.15, 0.2) is 5.82 Å². The molecular weight excluding hydrogens is 236 g/mol. The van der Waals surface area contributed by atoms with E-state index in [1.165, 1.54) is 4.68 Å². The predicted octanol–water partition coefficient (Wildman–Crippen LogP) is 0.184. The summed E-state index contributed by atoms with van der Waals surface area (Å²) < 4.78 is 3.11. The second-order valence-electron chi connectivity index (χ2n) is 4.75. The summed E-state index contributed by atoms with van der Waals surface area (Å²) in [6.07, 6.45) is 3.41. The molecule has 0 unspecified atom stereocenters. The van der Waals surface area contributed by atoms with Gasteiger partial charge in [-0.05, 0) is 24.3 Å². The highest BCUT2D eigenvalue weighted by atomic mass is 16.4. The second-order valence-corrected chi connectivity index (χ2v) is 4.75. The van der Waals surface area contributed by atoms with Crippen LogP contribution in [0.15, 0.2) is 12.4 Å². The fourth-order valence-corrected chi connectivity index (χ4v) is 1.50. The first-order valence-corrected chi connectivity index (χ1v) is 5.39. The molecule has 18 heavy (non-hydrogen) atoms. The van der Waals surface area contributed by atoms with Crippen molar-refractivity contribution in [1.29, 1.82) is 0 Å². The van der Waals surface area contributed by atoms with Gasteiger partial charge in [0.2, 0.25) is 0 Å². The summed E-state index contributed by atoms with van der Waals surface area (Å²) in [5.74, 6) is -0.382. The molecule has 0 aliphatic carbocycles. The number of hydrogen-bond acceptors (Lipinski definition) is 5. The van der Waals surface area contributed by atoms with E-state index in [0.29, 0.717) is 5.82 Å². The summed E-state index contributed by atoms with van der Waals surface area (Å²) in [5.41, 5.74) is -0.185. The third-order valence-electron chi connectivity index (χ3n) is 2.62. The Bertz CT molecular complexity index is 570. The summed E-state index contributed by atoms with van der Waals surface area (Å²) >= 11 is 0. The van der Waals surface area contributed by atoms with Crippen LogP contribution >= 0.6 is 0 Å². The van der Waals surface area contributed by atoms with Gasteiger partial charge < -0.3 is 5.11 Å². The molecule has 2 rings (SSSR count). The molecule has 1 N–H and O–H groups in total. The largest absolute Gasteiger partial charge is 0.481 e. The number of hydrogen-bond donors (Lipinski definition) is 1. The average molecular weight is 250 g/mol. The SMILES string of the molecule is Cn1cc(-c2nnnn2CC(C)(C)C(=O)O)cn1. The van der Waals surface area contributed by atoms with Crippen LogP contribution in [0.3, 0.4) is 0 Å². The lowest BCUT2D eigenvalue weighted by Gasteiger charge is -2.18. The lowest BCUT2D eigenvalue weighted by molar-refractivity contribution is -0.147. The molecule has 0 saturated carbocycles. The van der Waals surface area contributed by atoms with Crippen LogP contribution in [0, 0.1) is 5.41 Å². The molecule has 0 spiro atoms. The summed E-state index contributed by atoms with van der Waals surface area (Å²) in [7, 11) is 1.79. The Balaban J connectivity index is 2.32. The van der Waals surface area contributed by atoms with Gasteiger partial charge >= 0.3 is 5.97 Å². The molecule has 96 valence electrons. The van der Waals surface area contributed by atoms with Gasteiger partial charge in [-0.15, -0.1) is 5.10 Å². The van der Waals surface area contributed by atoms with Gasteiger partial charge in [-0.1, -0.05) is 0 Å². The van der Waals surface area contributed by atoms with Gasteiger partial charge in [-0.2, -0.15) is 5.10 Å². The van der Waals surface area contributed by atoms with E-state index in [9.17, 15) is 4.79 Å². The molecule has 0 aromatic carbocycles. The second kappa shape index (κ2) is 4.21. The van der Waals surface area contributed by atoms with Crippen LogP contribution in [0.4, 0.5) is 0 Å². The summed E-state index contributed by atoms with van der Waals surface area (Å²) in [6, 6.07) is 0. The number of rotatable bonds is 4. The molecule has 2 heterocycles. The van der Waals surface area contributed by atoms with Crippen LogP contribution < -0.4 is 0 Å². The first kappa shape index (κ1) is 12.2. The van der Waals surface area contributed by atoms with Crippen molar-refractivity contribution in [2.45, 2.75) is 20.4 Å². The predicted molar refractivity (Wildman–Crippen MR) is 61.4 cm³/mol. The van der Waals surface area contributed by atoms with Crippen molar-refractivity contribution in [3.8, 4) is 11.4 Å². The van der Waals surface area contributed by atoms with Gasteiger partial charge in [0.05, 0.1) is 23.7 Å². The van der Waals surface area contributed by atoms with Crippen LogP contribution in [0.25, 0.3) is 11.4 Å². The quantitative estimate of drug-likeness (QED) is 0.831. The Hall–Kier alpha value is -2.25. The van der Waals surface area contributed by atoms with Crippen molar-refractivity contribution < 1.29 is 9.90 Å². The third kappa shape index (κ3) is 2.22. The maximum atomic E-state index is 11.1. The molecule has 2 aromatic heterocycles. The molecule has 0 amide bonds. The average Bonchev–Trinajstić information content (AvgIpc) is 2.86. The normalized spacial score (nSPS) is 11.7. The van der Waals surface area contributed by atoms with E-state index in [1.54, 1.807) is 38.0 Å². The molecule has 0 fully saturated rings. The van der Waals surface area contributed by atoms with Crippen molar-refractivity contribution in [3.05, 3.63) is 12.4 Å². The molecule has 8 heteroatoms. The number of carbonyl (C=O) groups is 1. The lowest BCUT2D eigenvalue weighted by atomic mass is 9.94. The molecule has 0 aliphatic heterocycles. The highest BCUT2D eigenvalue weighted by molar-refractivity contribution is 5.73. The van der Waals surface area contributed by atoms with Crippen molar-refractivity contribution in [3.63, 3.8) is 0 Å². The van der Waals surface area contributed by atoms with E-state index in [-0.39, 0.29) is 6.54 Å². The van der Waals surface area contributed by atoms with Crippen molar-refractivity contribution in [1.82, 2.24) is 30.0 Å². The molecule has 0 atom stereocenters. The number of aryl methyl sites for hydroxylation is 1. The van der Waals surface area contributed by atoms with Crippen LogP contribution in [0.2, 0.25) is 0 Å². The Kier molecular flexibility index (Phi) is 2.85. The van der Waals surface area contributed by atoms with Gasteiger partial charge in [-0.3, -0.25) is 9.48 Å². The fourth-order valence-electron chi connectivity index (χ4n) is 1.50. The van der Waals surface area contributed by atoms with E-state index in [2.05, 4.69) is 20.6 Å². The number of tetrazole rings is 1. The van der Waals surface area contributed by atoms with Crippen LogP contribution in [0.5, 0.6) is 0 Å². The van der Waals surface area contributed by atoms with Crippen LogP contribution in [-0.4, -0.2) is 41.1 Å². The minimum Gasteiger partial charge on any atom is -0.481 e. The Labute approximate surface area is 103 Å². The maximum Gasteiger partial charge on any atom is 0.310 e. The highest BCUT2D eigenvalue weighted by Crippen LogP contribution is 2.21. The van der Waals surface area contributed by atoms with Crippen molar-refractivity contribution >= 4 is 5.97 Å². The number of aliphatic carboxylic acids is 1. The number of nitrogens with zero attached hydrogens (tertiary/aromatic N) is 6. The summed E-state index contributed by atoms with van der Waals surface area (Å²) in [6.45, 7) is 3.45. The zero-order chi connectivity index (χ0) is 13.3. The van der Waals surface area contributed by atoms with Crippen LogP contribution in [-0.2, 0) is 18.4 Å². The number of aromatic nitrogens is 6. The topological polar surface area (TPSA) is 98.7 Å². The summed E-state index contributed by atoms with van der Waals surface area (Å²) in [5, 5.41) is 24.5. The Morgan fingerprint density at radius 2 is 2.22 bits per heavy atom. The highest BCUT2D eigenvalue weighted by Gasteiger charge is 2.29. The van der Waals surface area contributed by atoms with E-state index in [4.69, 9.17) is 5.11 Å². The zero-order valence-corrected chi connectivity index (χ0v) is 10.4. The van der Waals surface area contributed by atoms with Crippen molar-refractivity contribution in [2.24, 2.45) is 12.5 Å². The standard InChI is InChI=1S/C10H14N6O2/c1-10(2,9(17)18)6-16-8(12-13-14-16)7-4-11-15(3)5-7/h4-5H,6H2,1-3H3,(H,17,18). The minimum atomic E-state index is -0.938. The Morgan fingerprint density at radius 3 is 2.78 bits per heavy atom. The fraction of sp³-hybridized carbons (Fsp3) is 0.500. The smallest absolute Gasteiger partial charge is 0.310 e. The first-order chi connectivity index (χ1) is 8.40. The zero-order valence-electron chi connectivity index (χ0n) is 10.4. The monoisotopic (exact) mass is 250 g/mol. The van der Waals surface area contributed by atoms with Gasteiger partial charge in [-0.25, -0.2) is 4.68 Å².